The van der Waals surface area contributed by atoms with Crippen molar-refractivity contribution in [3.8, 4) is 0 Å². The van der Waals surface area contributed by atoms with Crippen molar-refractivity contribution in [3.05, 3.63) is 23.9 Å². The first-order valence-corrected chi connectivity index (χ1v) is 3.05. The van der Waals surface area contributed by atoms with Gasteiger partial charge in [0, 0.05) is 0 Å². The van der Waals surface area contributed by atoms with E-state index in [1.165, 1.54) is 6.33 Å². The minimum atomic E-state index is 0.415. The van der Waals surface area contributed by atoms with E-state index >= 15 is 0 Å². The van der Waals surface area contributed by atoms with Gasteiger partial charge in [0.1, 0.15) is 11.5 Å². The molecule has 5 heteroatoms. The lowest BCUT2D eigenvalue weighted by Crippen LogP contribution is -1.87. The molecule has 10 heavy (non-hydrogen) atoms. The summed E-state index contributed by atoms with van der Waals surface area (Å²) in [6.45, 7) is 0. The molecule has 2 heterocycles. The van der Waals surface area contributed by atoms with E-state index in [4.69, 9.17) is 11.6 Å². The van der Waals surface area contributed by atoms with Gasteiger partial charge >= 0.3 is 0 Å². The minimum Gasteiger partial charge on any atom is -0.239 e. The second-order valence-electron chi connectivity index (χ2n) is 1.77. The average Bonchev–Trinajstić information content (AvgIpc) is 2.33. The summed E-state index contributed by atoms with van der Waals surface area (Å²) in [5.41, 5.74) is 0.699. The lowest BCUT2D eigenvalue weighted by Gasteiger charge is -1.88. The van der Waals surface area contributed by atoms with Crippen LogP contribution in [0.25, 0.3) is 5.65 Å². The Morgan fingerprint density at radius 2 is 2.30 bits per heavy atom. The molecule has 0 unspecified atom stereocenters. The number of fused-ring (bicyclic) bond motifs is 1. The van der Waals surface area contributed by atoms with Gasteiger partial charge in [0.2, 0.25) is 0 Å². The number of nitrogens with zero attached hydrogens (tertiary/aromatic N) is 4. The van der Waals surface area contributed by atoms with Crippen molar-refractivity contribution >= 4 is 17.2 Å². The quantitative estimate of drug-likeness (QED) is 0.563. The van der Waals surface area contributed by atoms with Crippen molar-refractivity contribution in [3.63, 3.8) is 0 Å². The summed E-state index contributed by atoms with van der Waals surface area (Å²) in [4.78, 5) is 7.71. The van der Waals surface area contributed by atoms with Crippen LogP contribution in [0.4, 0.5) is 0 Å². The van der Waals surface area contributed by atoms with Crippen molar-refractivity contribution in [2.75, 3.05) is 0 Å². The molecule has 0 radical (unpaired) electrons. The lowest BCUT2D eigenvalue weighted by atomic mass is 10.7. The van der Waals surface area contributed by atoms with Crippen LogP contribution in [0.1, 0.15) is 0 Å². The smallest absolute Gasteiger partial charge is 0.173 e. The first-order chi connectivity index (χ1) is 4.86. The number of rotatable bonds is 0. The lowest BCUT2D eigenvalue weighted by molar-refractivity contribution is 0.946. The summed E-state index contributed by atoms with van der Waals surface area (Å²) in [6.07, 6.45) is 4.62. The van der Waals surface area contributed by atoms with Crippen molar-refractivity contribution in [1.29, 1.82) is 0 Å². The molecule has 0 aromatic carbocycles. The van der Waals surface area contributed by atoms with Gasteiger partial charge in [-0.1, -0.05) is 11.6 Å². The SMILES string of the molecule is Clc1cn2ncnc2cn1. The molecular formula is C5H3ClN4. The number of halogens is 1. The highest BCUT2D eigenvalue weighted by Gasteiger charge is 1.94. The highest BCUT2D eigenvalue weighted by molar-refractivity contribution is 6.29. The van der Waals surface area contributed by atoms with Crippen LogP contribution in [0.2, 0.25) is 5.15 Å². The predicted octanol–water partition coefficient (Wildman–Crippen LogP) is 0.778. The molecule has 0 amide bonds. The highest BCUT2D eigenvalue weighted by atomic mass is 35.5. The molecule has 0 fully saturated rings. The van der Waals surface area contributed by atoms with Crippen LogP contribution in [-0.4, -0.2) is 19.6 Å². The third-order valence-corrected chi connectivity index (χ3v) is 1.33. The van der Waals surface area contributed by atoms with E-state index < -0.39 is 0 Å². The Morgan fingerprint density at radius 3 is 3.20 bits per heavy atom. The molecule has 0 aliphatic heterocycles. The summed E-state index contributed by atoms with van der Waals surface area (Å²) in [7, 11) is 0. The van der Waals surface area contributed by atoms with Gasteiger partial charge in [-0.05, 0) is 0 Å². The Labute approximate surface area is 61.5 Å². The first kappa shape index (κ1) is 5.61. The standard InChI is InChI=1S/C5H3ClN4/c6-4-2-10-5(1-7-4)8-3-9-10/h1-3H. The van der Waals surface area contributed by atoms with Crippen molar-refractivity contribution in [1.82, 2.24) is 19.6 Å². The maximum atomic E-state index is 5.58. The Morgan fingerprint density at radius 1 is 1.40 bits per heavy atom. The van der Waals surface area contributed by atoms with E-state index in [0.29, 0.717) is 10.8 Å². The number of hydrogen-bond donors (Lipinski definition) is 0. The Balaban J connectivity index is 2.86. The van der Waals surface area contributed by atoms with Crippen LogP contribution in [0.5, 0.6) is 0 Å². The summed E-state index contributed by atoms with van der Waals surface area (Å²) >= 11 is 5.58. The van der Waals surface area contributed by atoms with Crippen molar-refractivity contribution in [2.24, 2.45) is 0 Å². The average molecular weight is 155 g/mol. The van der Waals surface area contributed by atoms with Crippen LogP contribution in [0, 0.1) is 0 Å². The molecular weight excluding hydrogens is 152 g/mol. The number of hydrogen-bond acceptors (Lipinski definition) is 3. The van der Waals surface area contributed by atoms with Gasteiger partial charge in [-0.25, -0.2) is 14.5 Å². The third-order valence-electron chi connectivity index (χ3n) is 1.13. The van der Waals surface area contributed by atoms with Crippen LogP contribution >= 0.6 is 11.6 Å². The molecule has 0 atom stereocenters. The molecule has 2 aromatic rings. The van der Waals surface area contributed by atoms with Crippen molar-refractivity contribution in [2.45, 2.75) is 0 Å². The molecule has 4 nitrogen and oxygen atoms in total. The normalized spacial score (nSPS) is 10.5. The number of aromatic nitrogens is 4. The van der Waals surface area contributed by atoms with Crippen molar-refractivity contribution < 1.29 is 0 Å². The maximum Gasteiger partial charge on any atom is 0.173 e. The zero-order chi connectivity index (χ0) is 6.97. The zero-order valence-electron chi connectivity index (χ0n) is 4.90. The largest absolute Gasteiger partial charge is 0.239 e. The van der Waals surface area contributed by atoms with Crippen LogP contribution < -0.4 is 0 Å². The van der Waals surface area contributed by atoms with E-state index in [2.05, 4.69) is 15.1 Å². The van der Waals surface area contributed by atoms with E-state index in [0.717, 1.165) is 0 Å². The molecule has 0 spiro atoms. The second kappa shape index (κ2) is 1.91. The molecule has 0 saturated heterocycles. The fourth-order valence-corrected chi connectivity index (χ4v) is 0.846. The molecule has 0 saturated carbocycles. The summed E-state index contributed by atoms with van der Waals surface area (Å²) in [6, 6.07) is 0. The second-order valence-corrected chi connectivity index (χ2v) is 2.16. The monoisotopic (exact) mass is 154 g/mol. The summed E-state index contributed by atoms with van der Waals surface area (Å²) in [5, 5.41) is 4.28. The van der Waals surface area contributed by atoms with Crippen LogP contribution in [0.3, 0.4) is 0 Å². The first-order valence-electron chi connectivity index (χ1n) is 2.67. The third kappa shape index (κ3) is 0.733. The van der Waals surface area contributed by atoms with Gasteiger partial charge in [-0.3, -0.25) is 0 Å². The van der Waals surface area contributed by atoms with Gasteiger partial charge in [-0.15, -0.1) is 0 Å². The van der Waals surface area contributed by atoms with Gasteiger partial charge in [0.25, 0.3) is 0 Å². The fraction of sp³-hybridized carbons (Fsp3) is 0. The van der Waals surface area contributed by atoms with Gasteiger partial charge in [-0.2, -0.15) is 5.10 Å². The molecule has 2 aromatic heterocycles. The van der Waals surface area contributed by atoms with Crippen LogP contribution in [-0.2, 0) is 0 Å². The highest BCUT2D eigenvalue weighted by Crippen LogP contribution is 2.02. The topological polar surface area (TPSA) is 43.1 Å². The van der Waals surface area contributed by atoms with E-state index in [1.54, 1.807) is 16.9 Å². The van der Waals surface area contributed by atoms with E-state index in [9.17, 15) is 0 Å². The van der Waals surface area contributed by atoms with Crippen LogP contribution in [0.15, 0.2) is 18.7 Å². The molecule has 0 bridgehead atoms. The molecule has 0 N–H and O–H groups in total. The Bertz CT molecular complexity index is 355. The van der Waals surface area contributed by atoms with Gasteiger partial charge in [0.05, 0.1) is 12.4 Å². The molecule has 0 aliphatic carbocycles. The minimum absolute atomic E-state index is 0.415. The molecule has 2 rings (SSSR count). The van der Waals surface area contributed by atoms with E-state index in [-0.39, 0.29) is 0 Å². The summed E-state index contributed by atoms with van der Waals surface area (Å²) in [5.74, 6) is 0. The van der Waals surface area contributed by atoms with Gasteiger partial charge < -0.3 is 0 Å². The Hall–Kier alpha value is -1.16. The zero-order valence-corrected chi connectivity index (χ0v) is 5.65. The maximum absolute atomic E-state index is 5.58. The van der Waals surface area contributed by atoms with Gasteiger partial charge in [0.15, 0.2) is 5.65 Å². The fourth-order valence-electron chi connectivity index (χ4n) is 0.705. The van der Waals surface area contributed by atoms with E-state index in [1.807, 2.05) is 0 Å². The molecule has 50 valence electrons. The molecule has 0 aliphatic rings. The predicted molar refractivity (Wildman–Crippen MR) is 35.8 cm³/mol. The summed E-state index contributed by atoms with van der Waals surface area (Å²) < 4.78 is 1.56. The Kier molecular flexibility index (Phi) is 1.07.